The highest BCUT2D eigenvalue weighted by Gasteiger charge is 2.61. The number of alkyl halides is 1. The van der Waals surface area contributed by atoms with Gasteiger partial charge in [0.1, 0.15) is 6.17 Å². The largest absolute Gasteiger partial charge is 0.390 e. The van der Waals surface area contributed by atoms with Gasteiger partial charge in [-0.25, -0.2) is 4.39 Å². The van der Waals surface area contributed by atoms with Gasteiger partial charge in [0, 0.05) is 6.04 Å². The van der Waals surface area contributed by atoms with Crippen LogP contribution in [0.25, 0.3) is 0 Å². The number of aliphatic hydroxyl groups is 1. The average Bonchev–Trinajstić information content (AvgIpc) is 3.23. The van der Waals surface area contributed by atoms with E-state index in [9.17, 15) is 9.50 Å². The molecule has 0 spiro atoms. The fourth-order valence-corrected chi connectivity index (χ4v) is 8.00. The average molecular weight is 362 g/mol. The molecular formula is C23H36FNO. The van der Waals surface area contributed by atoms with E-state index < -0.39 is 12.3 Å². The van der Waals surface area contributed by atoms with E-state index in [1.165, 1.54) is 51.6 Å². The van der Waals surface area contributed by atoms with Crippen LogP contribution in [0.2, 0.25) is 0 Å². The van der Waals surface area contributed by atoms with E-state index in [0.29, 0.717) is 29.6 Å². The molecule has 0 radical (unpaired) electrons. The molecule has 0 bridgehead atoms. The topological polar surface area (TPSA) is 23.5 Å². The van der Waals surface area contributed by atoms with Crippen LogP contribution in [0, 0.1) is 28.6 Å². The van der Waals surface area contributed by atoms with Crippen molar-refractivity contribution in [1.82, 2.24) is 4.90 Å². The van der Waals surface area contributed by atoms with Crippen molar-refractivity contribution in [2.75, 3.05) is 13.1 Å². The molecule has 146 valence electrons. The van der Waals surface area contributed by atoms with Crippen LogP contribution >= 0.6 is 0 Å². The van der Waals surface area contributed by atoms with Crippen molar-refractivity contribution in [2.24, 2.45) is 28.6 Å². The number of hydrogen-bond donors (Lipinski definition) is 1. The molecule has 0 aromatic heterocycles. The van der Waals surface area contributed by atoms with Crippen molar-refractivity contribution in [3.8, 4) is 0 Å². The third-order valence-corrected chi connectivity index (χ3v) is 9.67. The van der Waals surface area contributed by atoms with Gasteiger partial charge in [-0.1, -0.05) is 25.5 Å². The number of halogens is 1. The van der Waals surface area contributed by atoms with E-state index >= 15 is 0 Å². The predicted molar refractivity (Wildman–Crippen MR) is 103 cm³/mol. The van der Waals surface area contributed by atoms with Crippen LogP contribution in [0.5, 0.6) is 0 Å². The molecule has 3 unspecified atom stereocenters. The Morgan fingerprint density at radius 1 is 1.12 bits per heavy atom. The lowest BCUT2D eigenvalue weighted by Gasteiger charge is -2.58. The molecule has 26 heavy (non-hydrogen) atoms. The lowest BCUT2D eigenvalue weighted by molar-refractivity contribution is -0.0744. The van der Waals surface area contributed by atoms with Gasteiger partial charge >= 0.3 is 0 Å². The summed E-state index contributed by atoms with van der Waals surface area (Å²) in [4.78, 5) is 2.74. The van der Waals surface area contributed by atoms with Crippen molar-refractivity contribution < 1.29 is 9.50 Å². The second kappa shape index (κ2) is 6.04. The van der Waals surface area contributed by atoms with Crippen molar-refractivity contribution in [3.63, 3.8) is 0 Å². The van der Waals surface area contributed by atoms with Crippen molar-refractivity contribution in [1.29, 1.82) is 0 Å². The van der Waals surface area contributed by atoms with E-state index in [4.69, 9.17) is 0 Å². The maximum absolute atomic E-state index is 14.4. The number of allylic oxidation sites excluding steroid dienone is 1. The van der Waals surface area contributed by atoms with Crippen molar-refractivity contribution >= 4 is 0 Å². The molecule has 1 heterocycles. The predicted octanol–water partition coefficient (Wildman–Crippen LogP) is 4.72. The van der Waals surface area contributed by atoms with Gasteiger partial charge in [-0.2, -0.15) is 0 Å². The number of aliphatic hydroxyl groups excluding tert-OH is 1. The maximum atomic E-state index is 14.4. The first-order chi connectivity index (χ1) is 12.4. The van der Waals surface area contributed by atoms with Gasteiger partial charge in [0.25, 0.3) is 0 Å². The number of likely N-dealkylation sites (tertiary alicyclic amines) is 1. The van der Waals surface area contributed by atoms with Crippen LogP contribution in [0.1, 0.15) is 71.6 Å². The molecule has 8 atom stereocenters. The van der Waals surface area contributed by atoms with E-state index in [2.05, 4.69) is 24.8 Å². The standard InChI is InChI=1S/C23H36FNO/c1-22-9-7-16(25-11-3-4-12-25)13-15(22)5-6-17-18(22)8-10-23(2)19(17)14-20(24)21(23)26/h5,16-21,26H,3-4,6-14H2,1-2H3/t16?,17-,18-,19+,20?,21?,22+,23+/m1/s1. The Hall–Kier alpha value is -0.410. The first-order valence-corrected chi connectivity index (χ1v) is 11.2. The normalized spacial score (nSPS) is 54.4. The Bertz CT molecular complexity index is 599. The van der Waals surface area contributed by atoms with E-state index in [-0.39, 0.29) is 5.41 Å². The molecule has 0 aromatic carbocycles. The van der Waals surface area contributed by atoms with Crippen LogP contribution < -0.4 is 0 Å². The Morgan fingerprint density at radius 2 is 1.88 bits per heavy atom. The zero-order valence-corrected chi connectivity index (χ0v) is 16.6. The molecule has 0 aromatic rings. The van der Waals surface area contributed by atoms with Gasteiger partial charge in [-0.15, -0.1) is 0 Å². The fraction of sp³-hybridized carbons (Fsp3) is 0.913. The number of nitrogens with zero attached hydrogens (tertiary/aromatic N) is 1. The van der Waals surface area contributed by atoms with Gasteiger partial charge in [-0.05, 0) is 99.5 Å². The Morgan fingerprint density at radius 3 is 2.65 bits per heavy atom. The minimum atomic E-state index is -1.01. The molecule has 5 aliphatic rings. The highest BCUT2D eigenvalue weighted by atomic mass is 19.1. The quantitative estimate of drug-likeness (QED) is 0.683. The summed E-state index contributed by atoms with van der Waals surface area (Å²) in [6, 6.07) is 0.769. The summed E-state index contributed by atoms with van der Waals surface area (Å²) in [5, 5.41) is 10.5. The maximum Gasteiger partial charge on any atom is 0.127 e. The van der Waals surface area contributed by atoms with Gasteiger partial charge in [0.2, 0.25) is 0 Å². The van der Waals surface area contributed by atoms with Crippen molar-refractivity contribution in [3.05, 3.63) is 11.6 Å². The first-order valence-electron chi connectivity index (χ1n) is 11.2. The van der Waals surface area contributed by atoms with Crippen LogP contribution in [-0.2, 0) is 0 Å². The molecule has 5 rings (SSSR count). The Kier molecular flexibility index (Phi) is 4.11. The second-order valence-electron chi connectivity index (χ2n) is 10.6. The lowest BCUT2D eigenvalue weighted by Crippen LogP contribution is -2.52. The molecule has 2 nitrogen and oxygen atoms in total. The molecule has 3 heteroatoms. The summed E-state index contributed by atoms with van der Waals surface area (Å²) in [5.74, 6) is 1.66. The summed E-state index contributed by atoms with van der Waals surface area (Å²) >= 11 is 0. The Labute approximate surface area is 158 Å². The fourth-order valence-electron chi connectivity index (χ4n) is 8.00. The van der Waals surface area contributed by atoms with Crippen LogP contribution in [-0.4, -0.2) is 41.4 Å². The molecule has 4 aliphatic carbocycles. The summed E-state index contributed by atoms with van der Waals surface area (Å²) < 4.78 is 14.4. The summed E-state index contributed by atoms with van der Waals surface area (Å²) in [6.45, 7) is 7.30. The zero-order valence-electron chi connectivity index (χ0n) is 16.6. The zero-order chi connectivity index (χ0) is 18.1. The summed E-state index contributed by atoms with van der Waals surface area (Å²) in [7, 11) is 0. The summed E-state index contributed by atoms with van der Waals surface area (Å²) in [6.07, 6.45) is 11.4. The molecule has 4 fully saturated rings. The first kappa shape index (κ1) is 17.7. The molecule has 1 saturated heterocycles. The number of rotatable bonds is 1. The second-order valence-corrected chi connectivity index (χ2v) is 10.6. The van der Waals surface area contributed by atoms with Crippen LogP contribution in [0.4, 0.5) is 4.39 Å². The van der Waals surface area contributed by atoms with E-state index in [0.717, 1.165) is 18.9 Å². The molecular weight excluding hydrogens is 325 g/mol. The van der Waals surface area contributed by atoms with E-state index in [1.807, 2.05) is 0 Å². The van der Waals surface area contributed by atoms with Crippen LogP contribution in [0.3, 0.4) is 0 Å². The third kappa shape index (κ3) is 2.35. The van der Waals surface area contributed by atoms with Gasteiger partial charge in [-0.3, -0.25) is 0 Å². The smallest absolute Gasteiger partial charge is 0.127 e. The SMILES string of the molecule is C[C@]12CCC(N3CCCC3)CC1=CC[C@@H]1[C@H]2CC[C@]2(C)C(O)C(F)C[C@@H]12. The minimum absolute atomic E-state index is 0.185. The monoisotopic (exact) mass is 361 g/mol. The number of hydrogen-bond acceptors (Lipinski definition) is 2. The third-order valence-electron chi connectivity index (χ3n) is 9.67. The molecule has 1 N–H and O–H groups in total. The molecule has 1 aliphatic heterocycles. The number of fused-ring (bicyclic) bond motifs is 5. The highest BCUT2D eigenvalue weighted by molar-refractivity contribution is 5.26. The van der Waals surface area contributed by atoms with Gasteiger partial charge in [0.05, 0.1) is 6.10 Å². The molecule has 0 amide bonds. The van der Waals surface area contributed by atoms with E-state index in [1.54, 1.807) is 5.57 Å². The Balaban J connectivity index is 1.40. The van der Waals surface area contributed by atoms with Crippen LogP contribution in [0.15, 0.2) is 11.6 Å². The minimum Gasteiger partial charge on any atom is -0.390 e. The van der Waals surface area contributed by atoms with Gasteiger partial charge < -0.3 is 10.0 Å². The molecule has 3 saturated carbocycles. The van der Waals surface area contributed by atoms with Crippen molar-refractivity contribution in [2.45, 2.75) is 90.0 Å². The van der Waals surface area contributed by atoms with Gasteiger partial charge in [0.15, 0.2) is 0 Å². The highest BCUT2D eigenvalue weighted by Crippen LogP contribution is 2.65. The summed E-state index contributed by atoms with van der Waals surface area (Å²) in [5.41, 5.74) is 1.87. The lowest BCUT2D eigenvalue weighted by atomic mass is 9.48.